The molecule has 2 amide bonds. The van der Waals surface area contributed by atoms with Crippen LogP contribution >= 0.6 is 0 Å². The molecule has 1 spiro atoms. The average Bonchev–Trinajstić information content (AvgIpc) is 2.86. The molecule has 140 valence electrons. The van der Waals surface area contributed by atoms with Crippen LogP contribution in [0.1, 0.15) is 64.2 Å². The molecule has 3 saturated heterocycles. The lowest BCUT2D eigenvalue weighted by Crippen LogP contribution is -2.56. The quantitative estimate of drug-likeness (QED) is 0.833. The Morgan fingerprint density at radius 1 is 1.00 bits per heavy atom. The van der Waals surface area contributed by atoms with Crippen LogP contribution in [0.2, 0.25) is 0 Å². The van der Waals surface area contributed by atoms with E-state index in [0.29, 0.717) is 17.9 Å². The van der Waals surface area contributed by atoms with Crippen LogP contribution in [0.4, 0.5) is 0 Å². The summed E-state index contributed by atoms with van der Waals surface area (Å²) >= 11 is 0. The number of hydrogen-bond acceptors (Lipinski definition) is 3. The van der Waals surface area contributed by atoms with E-state index < -0.39 is 0 Å². The minimum absolute atomic E-state index is 0.225. The summed E-state index contributed by atoms with van der Waals surface area (Å²) in [4.78, 5) is 29.5. The van der Waals surface area contributed by atoms with Crippen LogP contribution in [-0.4, -0.2) is 60.4 Å². The summed E-state index contributed by atoms with van der Waals surface area (Å²) in [5, 5.41) is 3.40. The molecule has 0 aromatic rings. The summed E-state index contributed by atoms with van der Waals surface area (Å²) in [6.07, 6.45) is 10.7. The number of amides is 2. The van der Waals surface area contributed by atoms with E-state index in [0.717, 1.165) is 77.7 Å². The first-order chi connectivity index (χ1) is 12.2. The fraction of sp³-hybridized carbons (Fsp3) is 0.900. The third-order valence-corrected chi connectivity index (χ3v) is 7.27. The Kier molecular flexibility index (Phi) is 5.03. The van der Waals surface area contributed by atoms with Gasteiger partial charge in [0.25, 0.3) is 0 Å². The summed E-state index contributed by atoms with van der Waals surface area (Å²) in [5.41, 5.74) is 0.283. The first-order valence-electron chi connectivity index (χ1n) is 10.5. The molecule has 3 heterocycles. The van der Waals surface area contributed by atoms with E-state index in [4.69, 9.17) is 0 Å². The van der Waals surface area contributed by atoms with Crippen molar-refractivity contribution in [3.63, 3.8) is 0 Å². The maximum atomic E-state index is 12.9. The summed E-state index contributed by atoms with van der Waals surface area (Å²) in [6, 6.07) is 0.517. The van der Waals surface area contributed by atoms with E-state index in [1.165, 1.54) is 19.3 Å². The van der Waals surface area contributed by atoms with Crippen LogP contribution in [0.15, 0.2) is 0 Å². The Bertz CT molecular complexity index is 501. The molecule has 5 heteroatoms. The highest BCUT2D eigenvalue weighted by atomic mass is 16.2. The van der Waals surface area contributed by atoms with Gasteiger partial charge in [-0.1, -0.05) is 0 Å². The highest BCUT2D eigenvalue weighted by molar-refractivity contribution is 5.79. The van der Waals surface area contributed by atoms with Crippen LogP contribution in [0, 0.1) is 11.3 Å². The number of hydrogen-bond donors (Lipinski definition) is 1. The second-order valence-electron chi connectivity index (χ2n) is 8.81. The highest BCUT2D eigenvalue weighted by Crippen LogP contribution is 2.43. The number of carbonyl (C=O) groups excluding carboxylic acids is 2. The van der Waals surface area contributed by atoms with E-state index in [-0.39, 0.29) is 11.3 Å². The van der Waals surface area contributed by atoms with Gasteiger partial charge in [0.2, 0.25) is 11.8 Å². The highest BCUT2D eigenvalue weighted by Gasteiger charge is 2.44. The number of likely N-dealkylation sites (tertiary alicyclic amines) is 2. The minimum atomic E-state index is 0.225. The van der Waals surface area contributed by atoms with Crippen molar-refractivity contribution in [1.29, 1.82) is 0 Å². The lowest BCUT2D eigenvalue weighted by Gasteiger charge is -2.51. The molecule has 1 atom stereocenters. The lowest BCUT2D eigenvalue weighted by atomic mass is 9.71. The van der Waals surface area contributed by atoms with E-state index in [2.05, 4.69) is 15.1 Å². The molecule has 1 aliphatic carbocycles. The van der Waals surface area contributed by atoms with Crippen molar-refractivity contribution < 1.29 is 9.59 Å². The van der Waals surface area contributed by atoms with Crippen molar-refractivity contribution in [2.24, 2.45) is 11.3 Å². The predicted molar refractivity (Wildman–Crippen MR) is 97.0 cm³/mol. The first kappa shape index (κ1) is 17.3. The van der Waals surface area contributed by atoms with Gasteiger partial charge in [0.1, 0.15) is 0 Å². The molecule has 1 N–H and O–H groups in total. The largest absolute Gasteiger partial charge is 0.342 e. The minimum Gasteiger partial charge on any atom is -0.342 e. The maximum absolute atomic E-state index is 12.9. The Morgan fingerprint density at radius 2 is 1.80 bits per heavy atom. The van der Waals surface area contributed by atoms with E-state index in [9.17, 15) is 9.59 Å². The fourth-order valence-electron chi connectivity index (χ4n) is 5.21. The number of nitrogens with zero attached hydrogens (tertiary/aromatic N) is 2. The molecule has 25 heavy (non-hydrogen) atoms. The Balaban J connectivity index is 1.34. The molecule has 0 aromatic carbocycles. The van der Waals surface area contributed by atoms with Crippen LogP contribution in [0.5, 0.6) is 0 Å². The van der Waals surface area contributed by atoms with Crippen molar-refractivity contribution in [3.8, 4) is 0 Å². The van der Waals surface area contributed by atoms with Gasteiger partial charge in [-0.25, -0.2) is 0 Å². The maximum Gasteiger partial charge on any atom is 0.225 e. The number of nitrogens with one attached hydrogen (secondary N) is 1. The number of rotatable bonds is 2. The molecule has 0 radical (unpaired) electrons. The zero-order valence-corrected chi connectivity index (χ0v) is 15.5. The second-order valence-corrected chi connectivity index (χ2v) is 8.81. The fourth-order valence-corrected chi connectivity index (χ4v) is 5.21. The van der Waals surface area contributed by atoms with Crippen LogP contribution in [0.3, 0.4) is 0 Å². The van der Waals surface area contributed by atoms with Gasteiger partial charge in [0.15, 0.2) is 0 Å². The molecule has 0 aromatic heterocycles. The normalized spacial score (nSPS) is 30.9. The number of piperidine rings is 2. The van der Waals surface area contributed by atoms with Crippen molar-refractivity contribution in [1.82, 2.24) is 15.1 Å². The van der Waals surface area contributed by atoms with Gasteiger partial charge >= 0.3 is 0 Å². The van der Waals surface area contributed by atoms with Gasteiger partial charge in [0.05, 0.1) is 0 Å². The van der Waals surface area contributed by atoms with Crippen LogP contribution in [-0.2, 0) is 9.59 Å². The van der Waals surface area contributed by atoms with Gasteiger partial charge in [0, 0.05) is 38.0 Å². The molecule has 5 nitrogen and oxygen atoms in total. The zero-order chi connectivity index (χ0) is 17.3. The van der Waals surface area contributed by atoms with Gasteiger partial charge in [-0.05, 0) is 76.3 Å². The van der Waals surface area contributed by atoms with Crippen molar-refractivity contribution in [2.75, 3.05) is 32.7 Å². The third kappa shape index (κ3) is 3.57. The zero-order valence-electron chi connectivity index (χ0n) is 15.5. The van der Waals surface area contributed by atoms with E-state index >= 15 is 0 Å². The van der Waals surface area contributed by atoms with Crippen molar-refractivity contribution in [2.45, 2.75) is 70.3 Å². The van der Waals surface area contributed by atoms with Crippen molar-refractivity contribution >= 4 is 11.8 Å². The van der Waals surface area contributed by atoms with E-state index in [1.807, 2.05) is 0 Å². The summed E-state index contributed by atoms with van der Waals surface area (Å²) in [6.45, 7) is 4.78. The summed E-state index contributed by atoms with van der Waals surface area (Å²) in [5.74, 6) is 0.990. The van der Waals surface area contributed by atoms with Crippen molar-refractivity contribution in [3.05, 3.63) is 0 Å². The Labute approximate surface area is 151 Å². The molecular formula is C20H33N3O2. The molecule has 3 aliphatic heterocycles. The first-order valence-corrected chi connectivity index (χ1v) is 10.5. The monoisotopic (exact) mass is 347 g/mol. The molecule has 0 bridgehead atoms. The average molecular weight is 348 g/mol. The van der Waals surface area contributed by atoms with Gasteiger partial charge in [-0.2, -0.15) is 0 Å². The molecule has 4 fully saturated rings. The topological polar surface area (TPSA) is 52.7 Å². The van der Waals surface area contributed by atoms with Gasteiger partial charge < -0.3 is 15.1 Å². The number of carbonyl (C=O) groups is 2. The standard InChI is InChI=1S/C20H33N3O2/c24-18-6-8-20(15-23(18)17-4-1-5-17)9-13-22(14-10-20)19(25)16-3-2-11-21-12-7-16/h16-17,21H,1-15H2/t16-/m1/s1. The Morgan fingerprint density at radius 3 is 2.52 bits per heavy atom. The van der Waals surface area contributed by atoms with Crippen LogP contribution < -0.4 is 5.32 Å². The Hall–Kier alpha value is -1.10. The smallest absolute Gasteiger partial charge is 0.225 e. The molecule has 4 rings (SSSR count). The van der Waals surface area contributed by atoms with Gasteiger partial charge in [-0.3, -0.25) is 9.59 Å². The third-order valence-electron chi connectivity index (χ3n) is 7.27. The molecule has 4 aliphatic rings. The SMILES string of the molecule is O=C([C@@H]1CCCNCC1)N1CCC2(CCC(=O)N(C3CCC3)C2)CC1. The van der Waals surface area contributed by atoms with Crippen LogP contribution in [0.25, 0.3) is 0 Å². The molecule has 1 saturated carbocycles. The second kappa shape index (κ2) is 7.26. The predicted octanol–water partition coefficient (Wildman–Crippen LogP) is 2.16. The summed E-state index contributed by atoms with van der Waals surface area (Å²) < 4.78 is 0. The lowest BCUT2D eigenvalue weighted by molar-refractivity contribution is -0.148. The molecular weight excluding hydrogens is 314 g/mol. The van der Waals surface area contributed by atoms with E-state index in [1.54, 1.807) is 0 Å². The molecule has 0 unspecified atom stereocenters. The summed E-state index contributed by atoms with van der Waals surface area (Å²) in [7, 11) is 0. The van der Waals surface area contributed by atoms with Gasteiger partial charge in [-0.15, -0.1) is 0 Å².